The van der Waals surface area contributed by atoms with Crippen LogP contribution in [0.2, 0.25) is 5.02 Å². The van der Waals surface area contributed by atoms with Crippen molar-refractivity contribution in [2.75, 3.05) is 11.4 Å². The van der Waals surface area contributed by atoms with Gasteiger partial charge in [-0.3, -0.25) is 19.7 Å². The van der Waals surface area contributed by atoms with Gasteiger partial charge in [-0.2, -0.15) is 0 Å². The fourth-order valence-corrected chi connectivity index (χ4v) is 5.46. The third-order valence-electron chi connectivity index (χ3n) is 6.95. The van der Waals surface area contributed by atoms with Crippen LogP contribution in [0.4, 0.5) is 23.7 Å². The molecule has 4 unspecified atom stereocenters. The number of aliphatic carboxylic acids is 1. The van der Waals surface area contributed by atoms with Crippen LogP contribution in [0.15, 0.2) is 42.5 Å². The van der Waals surface area contributed by atoms with Gasteiger partial charge in [-0.05, 0) is 55.2 Å². The molecule has 0 bridgehead atoms. The average molecular weight is 569 g/mol. The van der Waals surface area contributed by atoms with Crippen LogP contribution in [0.3, 0.4) is 0 Å². The number of aryl methyl sites for hydroxylation is 1. The second kappa shape index (κ2) is 10.4. The Hall–Kier alpha value is -3.84. The number of anilines is 1. The monoisotopic (exact) mass is 568 g/mol. The number of imide groups is 1. The van der Waals surface area contributed by atoms with Gasteiger partial charge in [0.15, 0.2) is 0 Å². The van der Waals surface area contributed by atoms with Gasteiger partial charge in [0, 0.05) is 17.6 Å². The maximum Gasteiger partial charge on any atom is 0.573 e. The molecule has 14 heteroatoms. The molecule has 0 aliphatic carbocycles. The molecule has 2 saturated heterocycles. The van der Waals surface area contributed by atoms with E-state index in [1.165, 1.54) is 24.3 Å². The number of hydrogen-bond acceptors (Lipinski definition) is 6. The molecule has 2 fully saturated rings. The predicted molar refractivity (Wildman–Crippen MR) is 132 cm³/mol. The Morgan fingerprint density at radius 3 is 2.54 bits per heavy atom. The fraction of sp³-hybridized carbons (Fsp3) is 0.360. The van der Waals surface area contributed by atoms with Crippen molar-refractivity contribution in [3.05, 3.63) is 58.6 Å². The van der Waals surface area contributed by atoms with Crippen LogP contribution in [0, 0.1) is 18.8 Å². The van der Waals surface area contributed by atoms with E-state index in [4.69, 9.17) is 17.3 Å². The summed E-state index contributed by atoms with van der Waals surface area (Å²) in [5.74, 6) is -6.24. The van der Waals surface area contributed by atoms with E-state index in [9.17, 15) is 37.5 Å². The highest BCUT2D eigenvalue weighted by molar-refractivity contribution is 6.32. The van der Waals surface area contributed by atoms with Crippen LogP contribution in [0.1, 0.15) is 30.0 Å². The van der Waals surface area contributed by atoms with Crippen molar-refractivity contribution in [3.8, 4) is 5.75 Å². The molecule has 2 aliphatic heterocycles. The van der Waals surface area contributed by atoms with Gasteiger partial charge in [0.25, 0.3) is 0 Å². The van der Waals surface area contributed by atoms with Crippen molar-refractivity contribution >= 4 is 41.1 Å². The standard InChI is InChI=1S/C25H24ClF3N4O6/c1-12-6-7-14(11-16(12)26)33-20(34)17-18(21(33)35)24(22(36)37,8-3-9-31-23(30)38)32-19(17)13-4-2-5-15(10-13)39-25(27,28)29/h2,4-7,10-11,17-19,32H,3,8-9H2,1H3,(H,36,37)(H3,30,31,38). The number of carboxylic acids is 1. The summed E-state index contributed by atoms with van der Waals surface area (Å²) in [5, 5.41) is 15.9. The summed E-state index contributed by atoms with van der Waals surface area (Å²) >= 11 is 6.21. The third-order valence-corrected chi connectivity index (χ3v) is 7.35. The molecule has 10 nitrogen and oxygen atoms in total. The third kappa shape index (κ3) is 5.36. The summed E-state index contributed by atoms with van der Waals surface area (Å²) < 4.78 is 42.6. The Labute approximate surface area is 225 Å². The Kier molecular flexibility index (Phi) is 7.50. The maximum absolute atomic E-state index is 13.8. The second-order valence-electron chi connectivity index (χ2n) is 9.36. The number of ether oxygens (including phenoxy) is 1. The minimum absolute atomic E-state index is 0.0115. The van der Waals surface area contributed by atoms with Gasteiger partial charge >= 0.3 is 18.4 Å². The van der Waals surface area contributed by atoms with E-state index >= 15 is 0 Å². The smallest absolute Gasteiger partial charge is 0.480 e. The lowest BCUT2D eigenvalue weighted by atomic mass is 9.77. The minimum Gasteiger partial charge on any atom is -0.480 e. The summed E-state index contributed by atoms with van der Waals surface area (Å²) in [5.41, 5.74) is 4.02. The number of halogens is 4. The molecule has 0 aromatic heterocycles. The molecule has 208 valence electrons. The van der Waals surface area contributed by atoms with Crippen LogP contribution in [0.5, 0.6) is 5.75 Å². The minimum atomic E-state index is -4.98. The number of benzene rings is 2. The molecule has 0 radical (unpaired) electrons. The molecular formula is C25H24ClF3N4O6. The SMILES string of the molecule is Cc1ccc(N2C(=O)C3C(c4cccc(OC(F)(F)F)c4)NC(CCCNC(N)=O)(C(=O)O)C3C2=O)cc1Cl. The van der Waals surface area contributed by atoms with Crippen LogP contribution < -0.4 is 26.0 Å². The highest BCUT2D eigenvalue weighted by Gasteiger charge is 2.68. The lowest BCUT2D eigenvalue weighted by Gasteiger charge is -2.31. The maximum atomic E-state index is 13.8. The molecule has 5 N–H and O–H groups in total. The van der Waals surface area contributed by atoms with Gasteiger partial charge < -0.3 is 20.9 Å². The van der Waals surface area contributed by atoms with Crippen LogP contribution in [-0.4, -0.2) is 47.4 Å². The second-order valence-corrected chi connectivity index (χ2v) is 9.77. The average Bonchev–Trinajstić information content (AvgIpc) is 3.32. The van der Waals surface area contributed by atoms with Gasteiger partial charge in [0.1, 0.15) is 11.3 Å². The van der Waals surface area contributed by atoms with Crippen LogP contribution >= 0.6 is 11.6 Å². The Morgan fingerprint density at radius 1 is 1.21 bits per heavy atom. The number of carbonyl (C=O) groups is 4. The highest BCUT2D eigenvalue weighted by atomic mass is 35.5. The Bertz CT molecular complexity index is 1340. The summed E-state index contributed by atoms with van der Waals surface area (Å²) in [6.07, 6.45) is -5.13. The first-order chi connectivity index (χ1) is 18.2. The van der Waals surface area contributed by atoms with Crippen molar-refractivity contribution in [3.63, 3.8) is 0 Å². The summed E-state index contributed by atoms with van der Waals surface area (Å²) in [6.45, 7) is 1.71. The van der Waals surface area contributed by atoms with Gasteiger partial charge in [0.2, 0.25) is 11.8 Å². The van der Waals surface area contributed by atoms with Crippen molar-refractivity contribution in [2.45, 2.75) is 37.7 Å². The Morgan fingerprint density at radius 2 is 1.92 bits per heavy atom. The van der Waals surface area contributed by atoms with E-state index in [2.05, 4.69) is 15.4 Å². The predicted octanol–water partition coefficient (Wildman–Crippen LogP) is 3.27. The molecule has 4 atom stereocenters. The lowest BCUT2D eigenvalue weighted by Crippen LogP contribution is -2.56. The van der Waals surface area contributed by atoms with Crippen molar-refractivity contribution in [1.82, 2.24) is 10.6 Å². The number of carbonyl (C=O) groups excluding carboxylic acids is 3. The quantitative estimate of drug-likeness (QED) is 0.282. The van der Waals surface area contributed by atoms with Crippen molar-refractivity contribution in [2.24, 2.45) is 17.6 Å². The number of carboxylic acid groups (broad SMARTS) is 1. The largest absolute Gasteiger partial charge is 0.573 e. The first-order valence-electron chi connectivity index (χ1n) is 11.8. The molecular weight excluding hydrogens is 545 g/mol. The van der Waals surface area contributed by atoms with Gasteiger partial charge in [-0.1, -0.05) is 29.8 Å². The number of nitrogens with one attached hydrogen (secondary N) is 2. The number of primary amides is 1. The molecule has 4 rings (SSSR count). The topological polar surface area (TPSA) is 151 Å². The highest BCUT2D eigenvalue weighted by Crippen LogP contribution is 2.51. The molecule has 0 spiro atoms. The van der Waals surface area contributed by atoms with Gasteiger partial charge in [0.05, 0.1) is 17.5 Å². The first kappa shape index (κ1) is 28.2. The van der Waals surface area contributed by atoms with E-state index in [-0.39, 0.29) is 35.7 Å². The Balaban J connectivity index is 1.79. The fourth-order valence-electron chi connectivity index (χ4n) is 5.28. The van der Waals surface area contributed by atoms with Crippen LogP contribution in [-0.2, 0) is 14.4 Å². The number of rotatable bonds is 8. The van der Waals surface area contributed by atoms with E-state index < -0.39 is 59.3 Å². The molecule has 0 saturated carbocycles. The van der Waals surface area contributed by atoms with Crippen molar-refractivity contribution in [1.29, 1.82) is 0 Å². The van der Waals surface area contributed by atoms with E-state index in [0.717, 1.165) is 17.0 Å². The van der Waals surface area contributed by atoms with Gasteiger partial charge in [-0.25, -0.2) is 9.69 Å². The van der Waals surface area contributed by atoms with Crippen molar-refractivity contribution < 1.29 is 42.2 Å². The number of urea groups is 1. The first-order valence-corrected chi connectivity index (χ1v) is 12.2. The normalized spacial score (nSPS) is 24.5. The van der Waals surface area contributed by atoms with Gasteiger partial charge in [-0.15, -0.1) is 13.2 Å². The van der Waals surface area contributed by atoms with E-state index in [1.54, 1.807) is 13.0 Å². The molecule has 4 amide bonds. The summed E-state index contributed by atoms with van der Waals surface area (Å²) in [6, 6.07) is 7.30. The number of hydrogen-bond donors (Lipinski definition) is 4. The molecule has 39 heavy (non-hydrogen) atoms. The number of amides is 4. The zero-order valence-electron chi connectivity index (χ0n) is 20.4. The van der Waals surface area contributed by atoms with Crippen LogP contribution in [0.25, 0.3) is 0 Å². The zero-order chi connectivity index (χ0) is 28.7. The lowest BCUT2D eigenvalue weighted by molar-refractivity contribution is -0.274. The summed E-state index contributed by atoms with van der Waals surface area (Å²) in [7, 11) is 0. The summed E-state index contributed by atoms with van der Waals surface area (Å²) in [4.78, 5) is 52.3. The van der Waals surface area contributed by atoms with E-state index in [0.29, 0.717) is 5.56 Å². The number of alkyl halides is 3. The number of fused-ring (bicyclic) bond motifs is 1. The molecule has 2 aromatic carbocycles. The number of nitrogens with zero attached hydrogens (tertiary/aromatic N) is 1. The number of nitrogens with two attached hydrogens (primary N) is 1. The van der Waals surface area contributed by atoms with E-state index in [1.807, 2.05) is 0 Å². The zero-order valence-corrected chi connectivity index (χ0v) is 21.2. The molecule has 2 aromatic rings. The molecule has 2 heterocycles. The molecule has 2 aliphatic rings.